The van der Waals surface area contributed by atoms with Crippen LogP contribution in [-0.2, 0) is 0 Å². The van der Waals surface area contributed by atoms with Gasteiger partial charge in [0.2, 0.25) is 0 Å². The fraction of sp³-hybridized carbons (Fsp3) is 0.0667. The lowest BCUT2D eigenvalue weighted by Crippen LogP contribution is -1.98. The van der Waals surface area contributed by atoms with Gasteiger partial charge in [-0.15, -0.1) is 0 Å². The molecule has 0 atom stereocenters. The molecule has 1 heterocycles. The van der Waals surface area contributed by atoms with Crippen molar-refractivity contribution in [2.75, 3.05) is 12.8 Å². The molecule has 6 heteroatoms. The zero-order valence-electron chi connectivity index (χ0n) is 11.1. The van der Waals surface area contributed by atoms with E-state index in [0.29, 0.717) is 28.5 Å². The van der Waals surface area contributed by atoms with Gasteiger partial charge < -0.3 is 10.5 Å². The summed E-state index contributed by atoms with van der Waals surface area (Å²) in [6.45, 7) is 0. The summed E-state index contributed by atoms with van der Waals surface area (Å²) in [6, 6.07) is 9.65. The van der Waals surface area contributed by atoms with E-state index < -0.39 is 5.82 Å². The van der Waals surface area contributed by atoms with Crippen LogP contribution in [0.2, 0.25) is 5.02 Å². The molecular weight excluding hydrogens is 293 g/mol. The van der Waals surface area contributed by atoms with Crippen LogP contribution in [0.25, 0.3) is 22.3 Å². The summed E-state index contributed by atoms with van der Waals surface area (Å²) < 4.78 is 18.4. The standard InChI is InChI=1S/C15H11ClFN3O/c1-21-9-3-4-10-13(7-9)19-15(20-14(10)18)8-2-5-12(17)11(16)6-8/h2-7H,1H3,(H2,18,19,20). The molecule has 3 rings (SSSR count). The average molecular weight is 304 g/mol. The number of nitrogen functional groups attached to an aromatic ring is 1. The Morgan fingerprint density at radius 3 is 2.67 bits per heavy atom. The number of fused-ring (bicyclic) bond motifs is 1. The number of aromatic nitrogens is 2. The Balaban J connectivity index is 2.20. The van der Waals surface area contributed by atoms with Crippen LogP contribution >= 0.6 is 11.6 Å². The quantitative estimate of drug-likeness (QED) is 0.784. The number of benzene rings is 2. The molecule has 0 spiro atoms. The summed E-state index contributed by atoms with van der Waals surface area (Å²) >= 11 is 5.79. The Labute approximate surface area is 125 Å². The average Bonchev–Trinajstić information content (AvgIpc) is 2.49. The predicted molar refractivity (Wildman–Crippen MR) is 80.9 cm³/mol. The summed E-state index contributed by atoms with van der Waals surface area (Å²) in [6.07, 6.45) is 0. The molecule has 21 heavy (non-hydrogen) atoms. The Morgan fingerprint density at radius 1 is 1.14 bits per heavy atom. The van der Waals surface area contributed by atoms with E-state index in [2.05, 4.69) is 9.97 Å². The van der Waals surface area contributed by atoms with Gasteiger partial charge in [0.1, 0.15) is 17.4 Å². The van der Waals surface area contributed by atoms with Crippen molar-refractivity contribution >= 4 is 28.3 Å². The SMILES string of the molecule is COc1ccc2c(N)nc(-c3ccc(F)c(Cl)c3)nc2c1. The highest BCUT2D eigenvalue weighted by Crippen LogP contribution is 2.28. The first-order valence-corrected chi connectivity index (χ1v) is 6.53. The molecule has 0 fully saturated rings. The van der Waals surface area contributed by atoms with Crippen molar-refractivity contribution in [1.29, 1.82) is 0 Å². The Morgan fingerprint density at radius 2 is 1.95 bits per heavy atom. The molecule has 0 amide bonds. The molecule has 106 valence electrons. The highest BCUT2D eigenvalue weighted by molar-refractivity contribution is 6.31. The van der Waals surface area contributed by atoms with Crippen LogP contribution in [0.1, 0.15) is 0 Å². The topological polar surface area (TPSA) is 61.0 Å². The molecule has 1 aromatic heterocycles. The van der Waals surface area contributed by atoms with E-state index in [1.807, 2.05) is 0 Å². The van der Waals surface area contributed by atoms with Crippen molar-refractivity contribution in [3.8, 4) is 17.1 Å². The van der Waals surface area contributed by atoms with Crippen LogP contribution in [0.5, 0.6) is 5.75 Å². The van der Waals surface area contributed by atoms with Crippen molar-refractivity contribution < 1.29 is 9.13 Å². The van der Waals surface area contributed by atoms with Crippen molar-refractivity contribution in [2.24, 2.45) is 0 Å². The smallest absolute Gasteiger partial charge is 0.162 e. The molecule has 4 nitrogen and oxygen atoms in total. The molecule has 0 saturated heterocycles. The van der Waals surface area contributed by atoms with Gasteiger partial charge in [0.15, 0.2) is 5.82 Å². The zero-order chi connectivity index (χ0) is 15.0. The van der Waals surface area contributed by atoms with Gasteiger partial charge in [-0.2, -0.15) is 0 Å². The van der Waals surface area contributed by atoms with Crippen molar-refractivity contribution in [3.63, 3.8) is 0 Å². The Kier molecular flexibility index (Phi) is 3.35. The fourth-order valence-electron chi connectivity index (χ4n) is 2.03. The van der Waals surface area contributed by atoms with E-state index in [-0.39, 0.29) is 5.02 Å². The fourth-order valence-corrected chi connectivity index (χ4v) is 2.21. The number of nitrogens with zero attached hydrogens (tertiary/aromatic N) is 2. The first-order chi connectivity index (χ1) is 10.1. The first-order valence-electron chi connectivity index (χ1n) is 6.15. The number of anilines is 1. The minimum Gasteiger partial charge on any atom is -0.497 e. The number of hydrogen-bond donors (Lipinski definition) is 1. The molecule has 3 aromatic rings. The van der Waals surface area contributed by atoms with Gasteiger partial charge in [-0.3, -0.25) is 0 Å². The molecule has 0 aliphatic rings. The molecule has 0 aliphatic heterocycles. The van der Waals surface area contributed by atoms with Crippen molar-refractivity contribution in [2.45, 2.75) is 0 Å². The van der Waals surface area contributed by atoms with Crippen LogP contribution in [0.3, 0.4) is 0 Å². The second-order valence-corrected chi connectivity index (χ2v) is 4.85. The lowest BCUT2D eigenvalue weighted by atomic mass is 10.1. The molecule has 0 unspecified atom stereocenters. The summed E-state index contributed by atoms with van der Waals surface area (Å²) in [5.41, 5.74) is 7.20. The zero-order valence-corrected chi connectivity index (χ0v) is 11.9. The minimum atomic E-state index is -0.490. The van der Waals surface area contributed by atoms with Gasteiger partial charge in [0, 0.05) is 17.0 Å². The van der Waals surface area contributed by atoms with Crippen LogP contribution in [0.4, 0.5) is 10.2 Å². The maximum atomic E-state index is 13.2. The second kappa shape index (κ2) is 5.18. The van der Waals surface area contributed by atoms with Crippen LogP contribution in [-0.4, -0.2) is 17.1 Å². The Bertz CT molecular complexity index is 839. The summed E-state index contributed by atoms with van der Waals surface area (Å²) in [5.74, 6) is 0.910. The first kappa shape index (κ1) is 13.6. The number of ether oxygens (including phenoxy) is 1. The summed E-state index contributed by atoms with van der Waals surface area (Å²) in [7, 11) is 1.58. The molecule has 0 aliphatic carbocycles. The second-order valence-electron chi connectivity index (χ2n) is 4.44. The molecule has 0 saturated carbocycles. The third-order valence-electron chi connectivity index (χ3n) is 3.11. The lowest BCUT2D eigenvalue weighted by molar-refractivity contribution is 0.415. The van der Waals surface area contributed by atoms with E-state index in [4.69, 9.17) is 22.1 Å². The number of methoxy groups -OCH3 is 1. The van der Waals surface area contributed by atoms with E-state index in [9.17, 15) is 4.39 Å². The van der Waals surface area contributed by atoms with Gasteiger partial charge in [-0.25, -0.2) is 14.4 Å². The maximum Gasteiger partial charge on any atom is 0.162 e. The van der Waals surface area contributed by atoms with Crippen molar-refractivity contribution in [1.82, 2.24) is 9.97 Å². The highest BCUT2D eigenvalue weighted by Gasteiger charge is 2.10. The monoisotopic (exact) mass is 303 g/mol. The van der Waals surface area contributed by atoms with E-state index in [0.717, 1.165) is 5.39 Å². The normalized spacial score (nSPS) is 10.8. The van der Waals surface area contributed by atoms with Gasteiger partial charge in [0.25, 0.3) is 0 Å². The van der Waals surface area contributed by atoms with Crippen LogP contribution in [0, 0.1) is 5.82 Å². The minimum absolute atomic E-state index is 0.0143. The third-order valence-corrected chi connectivity index (χ3v) is 3.40. The summed E-state index contributed by atoms with van der Waals surface area (Å²) in [4.78, 5) is 8.68. The van der Waals surface area contributed by atoms with Crippen LogP contribution < -0.4 is 10.5 Å². The molecule has 2 aromatic carbocycles. The van der Waals surface area contributed by atoms with E-state index in [1.165, 1.54) is 12.1 Å². The van der Waals surface area contributed by atoms with Gasteiger partial charge in [-0.05, 0) is 30.3 Å². The molecule has 0 bridgehead atoms. The van der Waals surface area contributed by atoms with Gasteiger partial charge in [0.05, 0.1) is 17.6 Å². The van der Waals surface area contributed by atoms with Gasteiger partial charge >= 0.3 is 0 Å². The maximum absolute atomic E-state index is 13.2. The molecular formula is C15H11ClFN3O. The van der Waals surface area contributed by atoms with Gasteiger partial charge in [-0.1, -0.05) is 11.6 Å². The van der Waals surface area contributed by atoms with Crippen LogP contribution in [0.15, 0.2) is 36.4 Å². The highest BCUT2D eigenvalue weighted by atomic mass is 35.5. The number of halogens is 2. The molecule has 2 N–H and O–H groups in total. The third kappa shape index (κ3) is 2.48. The van der Waals surface area contributed by atoms with Crippen molar-refractivity contribution in [3.05, 3.63) is 47.2 Å². The number of nitrogens with two attached hydrogens (primary N) is 1. The lowest BCUT2D eigenvalue weighted by Gasteiger charge is -2.07. The molecule has 0 radical (unpaired) electrons. The van der Waals surface area contributed by atoms with E-state index in [1.54, 1.807) is 31.4 Å². The Hall–Kier alpha value is -2.40. The number of rotatable bonds is 2. The predicted octanol–water partition coefficient (Wildman–Crippen LogP) is 3.68. The number of hydrogen-bond acceptors (Lipinski definition) is 4. The van der Waals surface area contributed by atoms with E-state index >= 15 is 0 Å². The summed E-state index contributed by atoms with van der Waals surface area (Å²) in [5, 5.41) is 0.744. The largest absolute Gasteiger partial charge is 0.497 e.